The van der Waals surface area contributed by atoms with E-state index < -0.39 is 0 Å². The standard InChI is InChI=1S/C18H19N/c1-2-18(16-9-4-3-5-10-16)19-13-12-15-8-6-7-11-17(15)14-19/h2-11H,12-14H2,1H3/b18-2+. The molecule has 0 aromatic heterocycles. The fourth-order valence-corrected chi connectivity index (χ4v) is 2.84. The number of fused-ring (bicyclic) bond motifs is 1. The van der Waals surface area contributed by atoms with Gasteiger partial charge in [0.2, 0.25) is 0 Å². The molecule has 1 heteroatoms. The van der Waals surface area contributed by atoms with Gasteiger partial charge >= 0.3 is 0 Å². The van der Waals surface area contributed by atoms with E-state index in [0.717, 1.165) is 19.5 Å². The Morgan fingerprint density at radius 1 is 0.947 bits per heavy atom. The van der Waals surface area contributed by atoms with Crippen LogP contribution in [-0.4, -0.2) is 11.4 Å². The van der Waals surface area contributed by atoms with Gasteiger partial charge in [-0.05, 0) is 30.0 Å². The van der Waals surface area contributed by atoms with Crippen LogP contribution in [0, 0.1) is 0 Å². The third kappa shape index (κ3) is 2.41. The lowest BCUT2D eigenvalue weighted by Gasteiger charge is -2.32. The molecule has 0 unspecified atom stereocenters. The Bertz CT molecular complexity index is 584. The number of nitrogens with zero attached hydrogens (tertiary/aromatic N) is 1. The van der Waals surface area contributed by atoms with E-state index in [-0.39, 0.29) is 0 Å². The van der Waals surface area contributed by atoms with Crippen molar-refractivity contribution >= 4 is 5.70 Å². The Morgan fingerprint density at radius 2 is 1.63 bits per heavy atom. The van der Waals surface area contributed by atoms with E-state index >= 15 is 0 Å². The van der Waals surface area contributed by atoms with Crippen molar-refractivity contribution in [1.82, 2.24) is 4.90 Å². The predicted octanol–water partition coefficient (Wildman–Crippen LogP) is 4.11. The molecule has 2 aromatic carbocycles. The SMILES string of the molecule is C/C=C(\c1ccccc1)N1CCc2ccccc2C1. The van der Waals surface area contributed by atoms with Crippen molar-refractivity contribution in [3.8, 4) is 0 Å². The molecule has 0 spiro atoms. The minimum atomic E-state index is 1.02. The van der Waals surface area contributed by atoms with E-state index in [0.29, 0.717) is 0 Å². The molecular weight excluding hydrogens is 230 g/mol. The van der Waals surface area contributed by atoms with Gasteiger partial charge in [0.15, 0.2) is 0 Å². The Balaban J connectivity index is 1.88. The molecule has 1 heterocycles. The molecule has 2 aromatic rings. The molecule has 1 aliphatic heterocycles. The molecule has 0 radical (unpaired) electrons. The smallest absolute Gasteiger partial charge is 0.0432 e. The van der Waals surface area contributed by atoms with Crippen LogP contribution < -0.4 is 0 Å². The van der Waals surface area contributed by atoms with Crippen LogP contribution in [0.5, 0.6) is 0 Å². The molecule has 0 saturated carbocycles. The van der Waals surface area contributed by atoms with E-state index in [2.05, 4.69) is 72.5 Å². The van der Waals surface area contributed by atoms with Crippen molar-refractivity contribution < 1.29 is 0 Å². The lowest BCUT2D eigenvalue weighted by molar-refractivity contribution is 0.372. The van der Waals surface area contributed by atoms with Gasteiger partial charge in [-0.3, -0.25) is 0 Å². The number of hydrogen-bond donors (Lipinski definition) is 0. The summed E-state index contributed by atoms with van der Waals surface area (Å²) in [7, 11) is 0. The third-order valence-electron chi connectivity index (χ3n) is 3.81. The number of benzene rings is 2. The molecule has 0 aliphatic carbocycles. The van der Waals surface area contributed by atoms with E-state index in [1.165, 1.54) is 22.4 Å². The van der Waals surface area contributed by atoms with Crippen LogP contribution >= 0.6 is 0 Å². The lowest BCUT2D eigenvalue weighted by Crippen LogP contribution is -2.29. The minimum absolute atomic E-state index is 1.02. The first kappa shape index (κ1) is 12.0. The molecule has 0 amide bonds. The summed E-state index contributed by atoms with van der Waals surface area (Å²) in [6.07, 6.45) is 3.36. The van der Waals surface area contributed by atoms with E-state index in [1.807, 2.05) is 0 Å². The Morgan fingerprint density at radius 3 is 2.37 bits per heavy atom. The van der Waals surface area contributed by atoms with Gasteiger partial charge in [-0.1, -0.05) is 60.7 Å². The third-order valence-corrected chi connectivity index (χ3v) is 3.81. The van der Waals surface area contributed by atoms with Gasteiger partial charge in [0.25, 0.3) is 0 Å². The molecular formula is C18H19N. The summed E-state index contributed by atoms with van der Waals surface area (Å²) in [6.45, 7) is 4.25. The monoisotopic (exact) mass is 249 g/mol. The van der Waals surface area contributed by atoms with Crippen molar-refractivity contribution in [3.05, 3.63) is 77.4 Å². The molecule has 3 rings (SSSR count). The van der Waals surface area contributed by atoms with Crippen LogP contribution in [0.4, 0.5) is 0 Å². The fraction of sp³-hybridized carbons (Fsp3) is 0.222. The molecule has 1 nitrogen and oxygen atoms in total. The Kier molecular flexibility index (Phi) is 3.37. The normalized spacial score (nSPS) is 15.2. The molecule has 19 heavy (non-hydrogen) atoms. The zero-order chi connectivity index (χ0) is 13.1. The first-order valence-corrected chi connectivity index (χ1v) is 6.92. The zero-order valence-corrected chi connectivity index (χ0v) is 11.3. The van der Waals surface area contributed by atoms with E-state index in [9.17, 15) is 0 Å². The molecule has 1 aliphatic rings. The second kappa shape index (κ2) is 5.31. The first-order valence-electron chi connectivity index (χ1n) is 6.92. The van der Waals surface area contributed by atoms with E-state index in [4.69, 9.17) is 0 Å². The molecule has 0 fully saturated rings. The van der Waals surface area contributed by atoms with Crippen molar-refractivity contribution in [2.45, 2.75) is 19.9 Å². The second-order valence-electron chi connectivity index (χ2n) is 4.98. The van der Waals surface area contributed by atoms with E-state index in [1.54, 1.807) is 0 Å². The van der Waals surface area contributed by atoms with Crippen molar-refractivity contribution in [3.63, 3.8) is 0 Å². The summed E-state index contributed by atoms with van der Waals surface area (Å²) in [6, 6.07) is 19.5. The summed E-state index contributed by atoms with van der Waals surface area (Å²) >= 11 is 0. The highest BCUT2D eigenvalue weighted by Gasteiger charge is 2.17. The predicted molar refractivity (Wildman–Crippen MR) is 80.6 cm³/mol. The summed E-state index contributed by atoms with van der Waals surface area (Å²) < 4.78 is 0. The fourth-order valence-electron chi connectivity index (χ4n) is 2.84. The highest BCUT2D eigenvalue weighted by molar-refractivity contribution is 5.64. The highest BCUT2D eigenvalue weighted by atomic mass is 15.1. The lowest BCUT2D eigenvalue weighted by atomic mass is 9.98. The molecule has 0 bridgehead atoms. The summed E-state index contributed by atoms with van der Waals surface area (Å²) in [5.74, 6) is 0. The molecule has 0 N–H and O–H groups in total. The highest BCUT2D eigenvalue weighted by Crippen LogP contribution is 2.26. The number of allylic oxidation sites excluding steroid dienone is 1. The summed E-state index contributed by atoms with van der Waals surface area (Å²) in [5, 5.41) is 0. The second-order valence-corrected chi connectivity index (χ2v) is 4.98. The van der Waals surface area contributed by atoms with Crippen LogP contribution in [0.1, 0.15) is 23.6 Å². The van der Waals surface area contributed by atoms with Gasteiger partial charge in [-0.25, -0.2) is 0 Å². The van der Waals surface area contributed by atoms with Gasteiger partial charge in [-0.15, -0.1) is 0 Å². The van der Waals surface area contributed by atoms with Gasteiger partial charge in [0, 0.05) is 18.8 Å². The van der Waals surface area contributed by atoms with Crippen LogP contribution in [0.2, 0.25) is 0 Å². The average Bonchev–Trinajstić information content (AvgIpc) is 2.49. The van der Waals surface area contributed by atoms with Gasteiger partial charge in [0.05, 0.1) is 0 Å². The maximum atomic E-state index is 2.48. The number of rotatable bonds is 2. The van der Waals surface area contributed by atoms with Crippen molar-refractivity contribution in [2.24, 2.45) is 0 Å². The van der Waals surface area contributed by atoms with Gasteiger partial charge in [0.1, 0.15) is 0 Å². The van der Waals surface area contributed by atoms with Crippen LogP contribution in [0.3, 0.4) is 0 Å². The van der Waals surface area contributed by atoms with Crippen molar-refractivity contribution in [2.75, 3.05) is 6.54 Å². The Labute approximate surface area is 115 Å². The molecule has 96 valence electrons. The quantitative estimate of drug-likeness (QED) is 0.774. The number of hydrogen-bond acceptors (Lipinski definition) is 1. The Hall–Kier alpha value is -2.02. The first-order chi connectivity index (χ1) is 9.38. The van der Waals surface area contributed by atoms with Gasteiger partial charge in [-0.2, -0.15) is 0 Å². The molecule has 0 saturated heterocycles. The van der Waals surface area contributed by atoms with Crippen molar-refractivity contribution in [1.29, 1.82) is 0 Å². The summed E-state index contributed by atoms with van der Waals surface area (Å²) in [4.78, 5) is 2.48. The maximum Gasteiger partial charge on any atom is 0.0432 e. The molecule has 0 atom stereocenters. The van der Waals surface area contributed by atoms with Crippen LogP contribution in [0.15, 0.2) is 60.7 Å². The van der Waals surface area contributed by atoms with Gasteiger partial charge < -0.3 is 4.90 Å². The van der Waals surface area contributed by atoms with Crippen LogP contribution in [0.25, 0.3) is 5.70 Å². The maximum absolute atomic E-state index is 2.48. The summed E-state index contributed by atoms with van der Waals surface area (Å²) in [5.41, 5.74) is 5.62. The largest absolute Gasteiger partial charge is 0.367 e. The topological polar surface area (TPSA) is 3.24 Å². The minimum Gasteiger partial charge on any atom is -0.367 e. The average molecular weight is 249 g/mol. The van der Waals surface area contributed by atoms with Crippen LogP contribution in [-0.2, 0) is 13.0 Å². The zero-order valence-electron chi connectivity index (χ0n) is 11.3.